The molecule has 5 heteroatoms. The third-order valence-electron chi connectivity index (χ3n) is 4.01. The van der Waals surface area contributed by atoms with Crippen molar-refractivity contribution in [2.45, 2.75) is 59.0 Å². The van der Waals surface area contributed by atoms with Crippen molar-refractivity contribution < 1.29 is 8.42 Å². The zero-order valence-corrected chi connectivity index (χ0v) is 14.6. The number of sulfone groups is 1. The molecule has 1 rings (SSSR count). The number of hydrogen-bond donors (Lipinski definition) is 1. The van der Waals surface area contributed by atoms with E-state index in [4.69, 9.17) is 0 Å². The first kappa shape index (κ1) is 17.9. The van der Waals surface area contributed by atoms with E-state index in [1.165, 1.54) is 6.42 Å². The van der Waals surface area contributed by atoms with Gasteiger partial charge in [0.2, 0.25) is 0 Å². The molecule has 0 aromatic carbocycles. The molecule has 4 nitrogen and oxygen atoms in total. The first-order valence-electron chi connectivity index (χ1n) is 7.84. The standard InChI is InChI=1S/C15H32N2O2S/c1-6-20(18,19)9-7-8-17-12-15(4,5)16-11-14(17)10-13(2)3/h13-14,16H,6-12H2,1-5H3. The molecular weight excluding hydrogens is 272 g/mol. The fourth-order valence-electron chi connectivity index (χ4n) is 2.89. The minimum absolute atomic E-state index is 0.122. The molecule has 0 aliphatic carbocycles. The van der Waals surface area contributed by atoms with Crippen molar-refractivity contribution in [2.75, 3.05) is 31.1 Å². The molecule has 1 N–H and O–H groups in total. The number of piperazine rings is 1. The molecule has 0 saturated carbocycles. The Kier molecular flexibility index (Phi) is 6.48. The lowest BCUT2D eigenvalue weighted by Gasteiger charge is -2.45. The molecule has 1 heterocycles. The van der Waals surface area contributed by atoms with Gasteiger partial charge in [-0.2, -0.15) is 0 Å². The highest BCUT2D eigenvalue weighted by atomic mass is 32.2. The largest absolute Gasteiger partial charge is 0.309 e. The van der Waals surface area contributed by atoms with Crippen LogP contribution in [0.2, 0.25) is 0 Å². The van der Waals surface area contributed by atoms with E-state index in [9.17, 15) is 8.42 Å². The highest BCUT2D eigenvalue weighted by Crippen LogP contribution is 2.20. The molecule has 0 aromatic rings. The average Bonchev–Trinajstić information content (AvgIpc) is 2.31. The molecule has 1 aliphatic heterocycles. The monoisotopic (exact) mass is 304 g/mol. The van der Waals surface area contributed by atoms with Gasteiger partial charge in [0.05, 0.1) is 5.75 Å². The lowest BCUT2D eigenvalue weighted by Crippen LogP contribution is -2.61. The number of rotatable bonds is 7. The fourth-order valence-corrected chi connectivity index (χ4v) is 3.74. The summed E-state index contributed by atoms with van der Waals surface area (Å²) in [6.45, 7) is 13.6. The predicted octanol–water partition coefficient (Wildman–Crippen LogP) is 1.91. The van der Waals surface area contributed by atoms with E-state index < -0.39 is 9.84 Å². The van der Waals surface area contributed by atoms with Crippen LogP contribution in [0.4, 0.5) is 0 Å². The third-order valence-corrected chi connectivity index (χ3v) is 5.81. The summed E-state index contributed by atoms with van der Waals surface area (Å²) < 4.78 is 23.2. The summed E-state index contributed by atoms with van der Waals surface area (Å²) in [5.74, 6) is 1.25. The van der Waals surface area contributed by atoms with Crippen LogP contribution >= 0.6 is 0 Å². The van der Waals surface area contributed by atoms with Crippen molar-refractivity contribution >= 4 is 9.84 Å². The zero-order valence-electron chi connectivity index (χ0n) is 13.8. The van der Waals surface area contributed by atoms with Gasteiger partial charge in [-0.05, 0) is 39.2 Å². The molecule has 120 valence electrons. The fraction of sp³-hybridized carbons (Fsp3) is 1.00. The van der Waals surface area contributed by atoms with Gasteiger partial charge in [0.15, 0.2) is 0 Å². The first-order chi connectivity index (χ1) is 9.15. The number of hydrogen-bond acceptors (Lipinski definition) is 4. The van der Waals surface area contributed by atoms with Crippen LogP contribution in [0.3, 0.4) is 0 Å². The molecule has 0 aromatic heterocycles. The molecule has 0 spiro atoms. The normalized spacial score (nSPS) is 24.2. The van der Waals surface area contributed by atoms with Crippen LogP contribution < -0.4 is 5.32 Å². The minimum atomic E-state index is -2.83. The highest BCUT2D eigenvalue weighted by molar-refractivity contribution is 7.91. The van der Waals surface area contributed by atoms with Crippen LogP contribution in [-0.2, 0) is 9.84 Å². The summed E-state index contributed by atoms with van der Waals surface area (Å²) in [5.41, 5.74) is 0.122. The van der Waals surface area contributed by atoms with E-state index in [0.717, 1.165) is 26.1 Å². The molecule has 1 atom stereocenters. The Morgan fingerprint density at radius 2 is 2.00 bits per heavy atom. The van der Waals surface area contributed by atoms with Crippen LogP contribution in [0.25, 0.3) is 0 Å². The van der Waals surface area contributed by atoms with E-state index in [0.29, 0.717) is 17.7 Å². The summed E-state index contributed by atoms with van der Waals surface area (Å²) in [5, 5.41) is 3.60. The predicted molar refractivity (Wildman–Crippen MR) is 85.8 cm³/mol. The second-order valence-electron chi connectivity index (χ2n) is 7.11. The maximum absolute atomic E-state index is 11.6. The van der Waals surface area contributed by atoms with Gasteiger partial charge in [-0.1, -0.05) is 20.8 Å². The molecule has 1 unspecified atom stereocenters. The van der Waals surface area contributed by atoms with Crippen LogP contribution in [0.5, 0.6) is 0 Å². The van der Waals surface area contributed by atoms with E-state index in [2.05, 4.69) is 37.9 Å². The molecular formula is C15H32N2O2S. The van der Waals surface area contributed by atoms with Gasteiger partial charge < -0.3 is 5.32 Å². The Balaban J connectivity index is 2.56. The number of nitrogens with zero attached hydrogens (tertiary/aromatic N) is 1. The topological polar surface area (TPSA) is 49.4 Å². The van der Waals surface area contributed by atoms with Gasteiger partial charge in [-0.3, -0.25) is 4.90 Å². The van der Waals surface area contributed by atoms with Gasteiger partial charge in [0, 0.05) is 30.4 Å². The maximum Gasteiger partial charge on any atom is 0.150 e. The molecule has 1 fully saturated rings. The average molecular weight is 305 g/mol. The van der Waals surface area contributed by atoms with Crippen LogP contribution in [-0.4, -0.2) is 56.0 Å². The second kappa shape index (κ2) is 7.23. The van der Waals surface area contributed by atoms with Crippen molar-refractivity contribution in [3.8, 4) is 0 Å². The van der Waals surface area contributed by atoms with Crippen molar-refractivity contribution in [3.05, 3.63) is 0 Å². The Hall–Kier alpha value is -0.130. The Labute approximate surface area is 125 Å². The summed E-state index contributed by atoms with van der Waals surface area (Å²) in [6, 6.07) is 0.535. The molecule has 20 heavy (non-hydrogen) atoms. The summed E-state index contributed by atoms with van der Waals surface area (Å²) in [6.07, 6.45) is 1.92. The van der Waals surface area contributed by atoms with Crippen LogP contribution in [0, 0.1) is 5.92 Å². The summed E-state index contributed by atoms with van der Waals surface area (Å²) in [4.78, 5) is 2.49. The van der Waals surface area contributed by atoms with Gasteiger partial charge in [-0.15, -0.1) is 0 Å². The van der Waals surface area contributed by atoms with Gasteiger partial charge >= 0.3 is 0 Å². The Bertz CT molecular complexity index is 391. The van der Waals surface area contributed by atoms with E-state index in [-0.39, 0.29) is 11.3 Å². The van der Waals surface area contributed by atoms with Crippen LogP contribution in [0.15, 0.2) is 0 Å². The SMILES string of the molecule is CCS(=O)(=O)CCCN1CC(C)(C)NCC1CC(C)C. The number of nitrogens with one attached hydrogen (secondary N) is 1. The summed E-state index contributed by atoms with van der Waals surface area (Å²) >= 11 is 0. The highest BCUT2D eigenvalue weighted by Gasteiger charge is 2.32. The maximum atomic E-state index is 11.6. The van der Waals surface area contributed by atoms with E-state index in [1.54, 1.807) is 6.92 Å². The zero-order chi connectivity index (χ0) is 15.4. The lowest BCUT2D eigenvalue weighted by atomic mass is 9.94. The Morgan fingerprint density at radius 1 is 1.35 bits per heavy atom. The van der Waals surface area contributed by atoms with Gasteiger partial charge in [0.25, 0.3) is 0 Å². The van der Waals surface area contributed by atoms with Crippen molar-refractivity contribution in [1.82, 2.24) is 10.2 Å². The van der Waals surface area contributed by atoms with E-state index in [1.807, 2.05) is 0 Å². The molecule has 1 saturated heterocycles. The van der Waals surface area contributed by atoms with Crippen molar-refractivity contribution in [1.29, 1.82) is 0 Å². The second-order valence-corrected chi connectivity index (χ2v) is 9.58. The van der Waals surface area contributed by atoms with Crippen molar-refractivity contribution in [2.24, 2.45) is 5.92 Å². The quantitative estimate of drug-likeness (QED) is 0.780. The first-order valence-corrected chi connectivity index (χ1v) is 9.67. The van der Waals surface area contributed by atoms with E-state index >= 15 is 0 Å². The van der Waals surface area contributed by atoms with Crippen molar-refractivity contribution in [3.63, 3.8) is 0 Å². The summed E-state index contributed by atoms with van der Waals surface area (Å²) in [7, 11) is -2.83. The molecule has 0 radical (unpaired) electrons. The minimum Gasteiger partial charge on any atom is -0.309 e. The van der Waals surface area contributed by atoms with Crippen LogP contribution in [0.1, 0.15) is 47.5 Å². The lowest BCUT2D eigenvalue weighted by molar-refractivity contribution is 0.0831. The van der Waals surface area contributed by atoms with Gasteiger partial charge in [-0.25, -0.2) is 8.42 Å². The smallest absolute Gasteiger partial charge is 0.150 e. The molecule has 0 amide bonds. The van der Waals surface area contributed by atoms with Gasteiger partial charge in [0.1, 0.15) is 9.84 Å². The molecule has 1 aliphatic rings. The molecule has 0 bridgehead atoms. The Morgan fingerprint density at radius 3 is 2.55 bits per heavy atom. The third kappa shape index (κ3) is 6.10.